The second kappa shape index (κ2) is 13.7. The SMILES string of the molecule is C#CCCCCCNCCN1CCC(c2ccc3[nH]c(-c4ccc(OC)c(OC)c4)c(C(C)C)c3c2)CC1. The van der Waals surface area contributed by atoms with Crippen LogP contribution >= 0.6 is 0 Å². The van der Waals surface area contributed by atoms with Gasteiger partial charge in [-0.3, -0.25) is 0 Å². The Morgan fingerprint density at radius 2 is 1.79 bits per heavy atom. The van der Waals surface area contributed by atoms with Gasteiger partial charge < -0.3 is 24.7 Å². The number of ether oxygens (including phenoxy) is 2. The Labute approximate surface area is 229 Å². The molecule has 0 spiro atoms. The zero-order chi connectivity index (χ0) is 26.9. The Balaban J connectivity index is 1.40. The second-order valence-corrected chi connectivity index (χ2v) is 10.8. The maximum absolute atomic E-state index is 5.58. The molecule has 0 atom stereocenters. The van der Waals surface area contributed by atoms with Crippen molar-refractivity contribution in [1.82, 2.24) is 15.2 Å². The van der Waals surface area contributed by atoms with Gasteiger partial charge in [-0.15, -0.1) is 12.3 Å². The number of H-pyrrole nitrogens is 1. The summed E-state index contributed by atoms with van der Waals surface area (Å²) in [7, 11) is 3.36. The van der Waals surface area contributed by atoms with Crippen molar-refractivity contribution < 1.29 is 9.47 Å². The first-order valence-electron chi connectivity index (χ1n) is 14.3. The molecule has 0 bridgehead atoms. The minimum atomic E-state index is 0.397. The molecule has 204 valence electrons. The summed E-state index contributed by atoms with van der Waals surface area (Å²) in [6.07, 6.45) is 12.3. The Kier molecular flexibility index (Phi) is 10.1. The molecule has 2 N–H and O–H groups in total. The Morgan fingerprint density at radius 1 is 1.00 bits per heavy atom. The van der Waals surface area contributed by atoms with E-state index in [9.17, 15) is 0 Å². The standard InChI is InChI=1S/C33H45N3O2/c1-6-7-8-9-10-17-34-18-21-36-19-15-25(16-20-36)26-11-13-29-28(22-26)32(24(2)3)33(35-29)27-12-14-30(37-4)31(23-27)38-5/h1,11-14,22-25,34-35H,7-10,15-21H2,2-5H3. The highest BCUT2D eigenvalue weighted by Crippen LogP contribution is 2.40. The molecule has 1 fully saturated rings. The van der Waals surface area contributed by atoms with Crippen LogP contribution in [0.25, 0.3) is 22.2 Å². The number of fused-ring (bicyclic) bond motifs is 1. The third kappa shape index (κ3) is 6.73. The number of benzene rings is 2. The van der Waals surface area contributed by atoms with E-state index in [1.807, 2.05) is 6.07 Å². The first-order chi connectivity index (χ1) is 18.5. The Morgan fingerprint density at radius 3 is 2.50 bits per heavy atom. The average molecular weight is 516 g/mol. The molecule has 2 heterocycles. The van der Waals surface area contributed by atoms with Gasteiger partial charge in [0.25, 0.3) is 0 Å². The van der Waals surface area contributed by atoms with Gasteiger partial charge >= 0.3 is 0 Å². The minimum Gasteiger partial charge on any atom is -0.493 e. The Hall–Kier alpha value is -2.94. The molecule has 0 aliphatic carbocycles. The van der Waals surface area contributed by atoms with Crippen LogP contribution in [0.4, 0.5) is 0 Å². The van der Waals surface area contributed by atoms with Crippen LogP contribution in [0.1, 0.15) is 75.3 Å². The molecular weight excluding hydrogens is 470 g/mol. The van der Waals surface area contributed by atoms with Gasteiger partial charge in [0.1, 0.15) is 0 Å². The number of methoxy groups -OCH3 is 2. The molecule has 5 nitrogen and oxygen atoms in total. The fourth-order valence-electron chi connectivity index (χ4n) is 5.81. The molecule has 0 unspecified atom stereocenters. The third-order valence-electron chi connectivity index (χ3n) is 7.95. The lowest BCUT2D eigenvalue weighted by molar-refractivity contribution is 0.213. The number of nitrogens with one attached hydrogen (secondary N) is 2. The monoisotopic (exact) mass is 515 g/mol. The van der Waals surface area contributed by atoms with E-state index in [1.54, 1.807) is 14.2 Å². The van der Waals surface area contributed by atoms with E-state index in [2.05, 4.69) is 65.3 Å². The minimum absolute atomic E-state index is 0.397. The van der Waals surface area contributed by atoms with Crippen LogP contribution in [0.3, 0.4) is 0 Å². The third-order valence-corrected chi connectivity index (χ3v) is 7.95. The van der Waals surface area contributed by atoms with Crippen LogP contribution in [0.15, 0.2) is 36.4 Å². The van der Waals surface area contributed by atoms with E-state index in [-0.39, 0.29) is 0 Å². The molecule has 0 amide bonds. The van der Waals surface area contributed by atoms with Crippen LogP contribution < -0.4 is 14.8 Å². The summed E-state index contributed by atoms with van der Waals surface area (Å²) >= 11 is 0. The number of unbranched alkanes of at least 4 members (excludes halogenated alkanes) is 3. The molecule has 3 aromatic rings. The van der Waals surface area contributed by atoms with Gasteiger partial charge in [-0.05, 0) is 98.6 Å². The lowest BCUT2D eigenvalue weighted by Gasteiger charge is -2.32. The van der Waals surface area contributed by atoms with Crippen molar-refractivity contribution in [3.8, 4) is 35.1 Å². The molecule has 1 aromatic heterocycles. The first kappa shape index (κ1) is 28.1. The molecule has 1 saturated heterocycles. The molecule has 4 rings (SSSR count). The summed E-state index contributed by atoms with van der Waals surface area (Å²) in [6, 6.07) is 13.2. The molecular formula is C33H45N3O2. The first-order valence-corrected chi connectivity index (χ1v) is 14.3. The summed E-state index contributed by atoms with van der Waals surface area (Å²) in [5.74, 6) is 5.24. The zero-order valence-electron chi connectivity index (χ0n) is 23.7. The number of hydrogen-bond acceptors (Lipinski definition) is 4. The van der Waals surface area contributed by atoms with Gasteiger partial charge in [-0.1, -0.05) is 26.3 Å². The maximum Gasteiger partial charge on any atom is 0.161 e. The van der Waals surface area contributed by atoms with E-state index >= 15 is 0 Å². The predicted octanol–water partition coefficient (Wildman–Crippen LogP) is 6.94. The van der Waals surface area contributed by atoms with Gasteiger partial charge in [0.05, 0.1) is 19.9 Å². The highest BCUT2D eigenvalue weighted by molar-refractivity contribution is 5.92. The molecule has 0 radical (unpaired) electrons. The van der Waals surface area contributed by atoms with Crippen LogP contribution in [0.5, 0.6) is 11.5 Å². The lowest BCUT2D eigenvalue weighted by atomic mass is 9.87. The topological polar surface area (TPSA) is 49.5 Å². The lowest BCUT2D eigenvalue weighted by Crippen LogP contribution is -2.38. The summed E-state index contributed by atoms with van der Waals surface area (Å²) < 4.78 is 11.0. The van der Waals surface area contributed by atoms with Crippen molar-refractivity contribution >= 4 is 10.9 Å². The van der Waals surface area contributed by atoms with Crippen LogP contribution in [-0.4, -0.2) is 56.8 Å². The van der Waals surface area contributed by atoms with E-state index in [1.165, 1.54) is 66.5 Å². The number of likely N-dealkylation sites (tertiary alicyclic amines) is 1. The fourth-order valence-corrected chi connectivity index (χ4v) is 5.81. The largest absolute Gasteiger partial charge is 0.493 e. The van der Waals surface area contributed by atoms with E-state index in [0.717, 1.165) is 49.5 Å². The smallest absolute Gasteiger partial charge is 0.161 e. The van der Waals surface area contributed by atoms with E-state index in [4.69, 9.17) is 15.9 Å². The number of aromatic nitrogens is 1. The van der Waals surface area contributed by atoms with Crippen LogP contribution in [0, 0.1) is 12.3 Å². The number of aromatic amines is 1. The zero-order valence-corrected chi connectivity index (χ0v) is 23.7. The number of hydrogen-bond donors (Lipinski definition) is 2. The number of rotatable bonds is 13. The van der Waals surface area contributed by atoms with Gasteiger partial charge in [-0.25, -0.2) is 0 Å². The van der Waals surface area contributed by atoms with Gasteiger partial charge in [-0.2, -0.15) is 0 Å². The molecule has 1 aliphatic heterocycles. The summed E-state index contributed by atoms with van der Waals surface area (Å²) in [6.45, 7) is 10.2. The molecule has 5 heteroatoms. The predicted molar refractivity (Wildman–Crippen MR) is 160 cm³/mol. The van der Waals surface area contributed by atoms with Crippen molar-refractivity contribution in [1.29, 1.82) is 0 Å². The highest BCUT2D eigenvalue weighted by atomic mass is 16.5. The van der Waals surface area contributed by atoms with Crippen molar-refractivity contribution in [2.45, 2.75) is 64.2 Å². The normalized spacial score (nSPS) is 14.7. The second-order valence-electron chi connectivity index (χ2n) is 10.8. The number of terminal acetylenes is 1. The van der Waals surface area contributed by atoms with Gasteiger partial charge in [0, 0.05) is 36.0 Å². The summed E-state index contributed by atoms with van der Waals surface area (Å²) in [4.78, 5) is 6.33. The summed E-state index contributed by atoms with van der Waals surface area (Å²) in [5.41, 5.74) is 6.34. The van der Waals surface area contributed by atoms with Crippen LogP contribution in [0.2, 0.25) is 0 Å². The molecule has 1 aliphatic rings. The number of piperidine rings is 1. The van der Waals surface area contributed by atoms with E-state index in [0.29, 0.717) is 11.8 Å². The van der Waals surface area contributed by atoms with Gasteiger partial charge in [0.2, 0.25) is 0 Å². The highest BCUT2D eigenvalue weighted by Gasteiger charge is 2.23. The summed E-state index contributed by atoms with van der Waals surface area (Å²) in [5, 5.41) is 4.95. The van der Waals surface area contributed by atoms with Crippen LogP contribution in [-0.2, 0) is 0 Å². The average Bonchev–Trinajstić information content (AvgIpc) is 3.33. The van der Waals surface area contributed by atoms with E-state index < -0.39 is 0 Å². The van der Waals surface area contributed by atoms with Crippen molar-refractivity contribution in [2.75, 3.05) is 46.9 Å². The maximum atomic E-state index is 5.58. The Bertz CT molecular complexity index is 1210. The molecule has 38 heavy (non-hydrogen) atoms. The molecule has 2 aromatic carbocycles. The molecule has 0 saturated carbocycles. The van der Waals surface area contributed by atoms with Crippen molar-refractivity contribution in [3.05, 3.63) is 47.5 Å². The number of nitrogens with zero attached hydrogens (tertiary/aromatic N) is 1. The fraction of sp³-hybridized carbons (Fsp3) is 0.515. The van der Waals surface area contributed by atoms with Gasteiger partial charge in [0.15, 0.2) is 11.5 Å². The quantitative estimate of drug-likeness (QED) is 0.191. The van der Waals surface area contributed by atoms with Crippen molar-refractivity contribution in [3.63, 3.8) is 0 Å². The van der Waals surface area contributed by atoms with Crippen molar-refractivity contribution in [2.24, 2.45) is 0 Å².